The van der Waals surface area contributed by atoms with Crippen molar-refractivity contribution in [2.45, 2.75) is 25.4 Å². The molecular weight excluding hydrogens is 328 g/mol. The molecule has 0 bridgehead atoms. The lowest BCUT2D eigenvalue weighted by molar-refractivity contribution is 0.480. The first-order chi connectivity index (χ1) is 10.2. The molecule has 106 valence electrons. The van der Waals surface area contributed by atoms with Crippen molar-refractivity contribution >= 4 is 15.9 Å². The van der Waals surface area contributed by atoms with Gasteiger partial charge in [-0.3, -0.25) is 0 Å². The monoisotopic (exact) mass is 342 g/mol. The van der Waals surface area contributed by atoms with Crippen molar-refractivity contribution in [3.63, 3.8) is 0 Å². The highest BCUT2D eigenvalue weighted by Crippen LogP contribution is 2.28. The van der Waals surface area contributed by atoms with Crippen LogP contribution in [0.2, 0.25) is 0 Å². The number of benzene rings is 2. The average molecular weight is 343 g/mol. The molecule has 1 saturated carbocycles. The quantitative estimate of drug-likeness (QED) is 0.877. The lowest BCUT2D eigenvalue weighted by atomic mass is 10.1. The molecule has 0 radical (unpaired) electrons. The highest BCUT2D eigenvalue weighted by molar-refractivity contribution is 9.10. The first-order valence-corrected chi connectivity index (χ1v) is 7.74. The zero-order valence-electron chi connectivity index (χ0n) is 11.5. The smallest absolute Gasteiger partial charge is 0.145 e. The van der Waals surface area contributed by atoms with E-state index in [2.05, 4.69) is 27.3 Å². The van der Waals surface area contributed by atoms with Crippen LogP contribution >= 0.6 is 15.9 Å². The maximum absolute atomic E-state index is 9.31. The molecule has 0 saturated heterocycles. The van der Waals surface area contributed by atoms with E-state index in [0.29, 0.717) is 23.1 Å². The van der Waals surface area contributed by atoms with Crippen LogP contribution < -0.4 is 10.1 Å². The van der Waals surface area contributed by atoms with Crippen LogP contribution in [0, 0.1) is 11.3 Å². The third-order valence-electron chi connectivity index (χ3n) is 3.36. The molecule has 0 unspecified atom stereocenters. The summed E-state index contributed by atoms with van der Waals surface area (Å²) < 4.78 is 6.75. The Balaban J connectivity index is 1.76. The molecule has 4 heteroatoms. The number of hydrogen-bond donors (Lipinski definition) is 1. The number of nitrogens with zero attached hydrogens (tertiary/aromatic N) is 1. The molecule has 0 spiro atoms. The van der Waals surface area contributed by atoms with E-state index in [9.17, 15) is 5.26 Å². The second-order valence-electron chi connectivity index (χ2n) is 5.16. The van der Waals surface area contributed by atoms with Gasteiger partial charge in [0.2, 0.25) is 0 Å². The number of halogens is 1. The van der Waals surface area contributed by atoms with Gasteiger partial charge in [-0.05, 0) is 48.7 Å². The summed E-state index contributed by atoms with van der Waals surface area (Å²) in [5.41, 5.74) is 1.67. The normalized spacial score (nSPS) is 13.7. The molecule has 21 heavy (non-hydrogen) atoms. The fourth-order valence-electron chi connectivity index (χ4n) is 2.07. The van der Waals surface area contributed by atoms with E-state index >= 15 is 0 Å². The van der Waals surface area contributed by atoms with Gasteiger partial charge in [0.15, 0.2) is 0 Å². The van der Waals surface area contributed by atoms with E-state index in [1.54, 1.807) is 0 Å². The maximum atomic E-state index is 9.31. The first-order valence-electron chi connectivity index (χ1n) is 6.94. The van der Waals surface area contributed by atoms with Crippen LogP contribution in [0.1, 0.15) is 24.0 Å². The highest BCUT2D eigenvalue weighted by Gasteiger charge is 2.20. The van der Waals surface area contributed by atoms with Crippen molar-refractivity contribution in [2.75, 3.05) is 0 Å². The van der Waals surface area contributed by atoms with Gasteiger partial charge in [0.05, 0.1) is 5.56 Å². The van der Waals surface area contributed by atoms with Crippen LogP contribution in [-0.4, -0.2) is 6.04 Å². The molecule has 2 aromatic carbocycles. The summed E-state index contributed by atoms with van der Waals surface area (Å²) in [6.07, 6.45) is 2.52. The molecule has 0 aromatic heterocycles. The summed E-state index contributed by atoms with van der Waals surface area (Å²) in [6.45, 7) is 0.802. The SMILES string of the molecule is N#Cc1cc(CNC2CC2)ccc1Oc1cccc(Br)c1. The second kappa shape index (κ2) is 6.30. The predicted molar refractivity (Wildman–Crippen MR) is 85.2 cm³/mol. The second-order valence-corrected chi connectivity index (χ2v) is 6.07. The van der Waals surface area contributed by atoms with Crippen LogP contribution in [-0.2, 0) is 6.54 Å². The van der Waals surface area contributed by atoms with Crippen molar-refractivity contribution in [3.05, 3.63) is 58.1 Å². The Morgan fingerprint density at radius 1 is 1.24 bits per heavy atom. The number of rotatable bonds is 5. The minimum Gasteiger partial charge on any atom is -0.456 e. The lowest BCUT2D eigenvalue weighted by Gasteiger charge is -2.10. The van der Waals surface area contributed by atoms with E-state index in [0.717, 1.165) is 16.6 Å². The molecule has 1 aliphatic rings. The van der Waals surface area contributed by atoms with Crippen molar-refractivity contribution in [3.8, 4) is 17.6 Å². The third-order valence-corrected chi connectivity index (χ3v) is 3.85. The van der Waals surface area contributed by atoms with Crippen molar-refractivity contribution in [1.82, 2.24) is 5.32 Å². The molecule has 3 nitrogen and oxygen atoms in total. The van der Waals surface area contributed by atoms with Crippen molar-refractivity contribution in [2.24, 2.45) is 0 Å². The van der Waals surface area contributed by atoms with E-state index in [-0.39, 0.29) is 0 Å². The molecule has 1 N–H and O–H groups in total. The van der Waals surface area contributed by atoms with Crippen LogP contribution in [0.15, 0.2) is 46.9 Å². The Bertz CT molecular complexity index is 689. The zero-order chi connectivity index (χ0) is 14.7. The van der Waals surface area contributed by atoms with Gasteiger partial charge in [0.1, 0.15) is 17.6 Å². The van der Waals surface area contributed by atoms with Gasteiger partial charge >= 0.3 is 0 Å². The standard InChI is InChI=1S/C17H15BrN2O/c18-14-2-1-3-16(9-14)21-17-7-4-12(8-13(17)10-19)11-20-15-5-6-15/h1-4,7-9,15,20H,5-6,11H2. The fraction of sp³-hybridized carbons (Fsp3) is 0.235. The molecule has 0 amide bonds. The molecule has 0 aliphatic heterocycles. The Labute approximate surface area is 132 Å². The molecule has 1 aliphatic carbocycles. The van der Waals surface area contributed by atoms with E-state index < -0.39 is 0 Å². The summed E-state index contributed by atoms with van der Waals surface area (Å²) in [7, 11) is 0. The number of nitrogens with one attached hydrogen (secondary N) is 1. The van der Waals surface area contributed by atoms with Gasteiger partial charge in [0, 0.05) is 17.1 Å². The number of hydrogen-bond acceptors (Lipinski definition) is 3. The molecule has 2 aromatic rings. The predicted octanol–water partition coefficient (Wildman–Crippen LogP) is 4.37. The summed E-state index contributed by atoms with van der Waals surface area (Å²) in [4.78, 5) is 0. The summed E-state index contributed by atoms with van der Waals surface area (Å²) >= 11 is 3.41. The number of nitriles is 1. The van der Waals surface area contributed by atoms with E-state index in [4.69, 9.17) is 4.74 Å². The summed E-state index contributed by atoms with van der Waals surface area (Å²) in [6, 6.07) is 16.2. The molecule has 0 atom stereocenters. The van der Waals surface area contributed by atoms with Gasteiger partial charge in [-0.15, -0.1) is 0 Å². The minimum atomic E-state index is 0.560. The van der Waals surface area contributed by atoms with Gasteiger partial charge in [-0.25, -0.2) is 0 Å². The van der Waals surface area contributed by atoms with Crippen LogP contribution in [0.25, 0.3) is 0 Å². The molecule has 3 rings (SSSR count). The fourth-order valence-corrected chi connectivity index (χ4v) is 2.45. The Morgan fingerprint density at radius 3 is 2.81 bits per heavy atom. The van der Waals surface area contributed by atoms with Gasteiger partial charge in [-0.1, -0.05) is 28.1 Å². The molecule has 0 heterocycles. The first kappa shape index (κ1) is 14.1. The largest absolute Gasteiger partial charge is 0.456 e. The summed E-state index contributed by atoms with van der Waals surface area (Å²) in [5, 5.41) is 12.7. The molecular formula is C17H15BrN2O. The Hall–Kier alpha value is -1.83. The number of ether oxygens (including phenoxy) is 1. The van der Waals surface area contributed by atoms with E-state index in [1.807, 2.05) is 42.5 Å². The highest BCUT2D eigenvalue weighted by atomic mass is 79.9. The Morgan fingerprint density at radius 2 is 2.10 bits per heavy atom. The van der Waals surface area contributed by atoms with Gasteiger partial charge < -0.3 is 10.1 Å². The molecule has 1 fully saturated rings. The van der Waals surface area contributed by atoms with Crippen molar-refractivity contribution < 1.29 is 4.74 Å². The van der Waals surface area contributed by atoms with Gasteiger partial charge in [0.25, 0.3) is 0 Å². The topological polar surface area (TPSA) is 45.0 Å². The van der Waals surface area contributed by atoms with E-state index in [1.165, 1.54) is 12.8 Å². The maximum Gasteiger partial charge on any atom is 0.145 e. The average Bonchev–Trinajstić information content (AvgIpc) is 3.30. The summed E-state index contributed by atoms with van der Waals surface area (Å²) in [5.74, 6) is 1.30. The van der Waals surface area contributed by atoms with Crippen LogP contribution in [0.4, 0.5) is 0 Å². The third kappa shape index (κ3) is 3.84. The Kier molecular flexibility index (Phi) is 4.23. The zero-order valence-corrected chi connectivity index (χ0v) is 13.1. The van der Waals surface area contributed by atoms with Crippen molar-refractivity contribution in [1.29, 1.82) is 5.26 Å². The lowest BCUT2D eigenvalue weighted by Crippen LogP contribution is -2.15. The van der Waals surface area contributed by atoms with Gasteiger partial charge in [-0.2, -0.15) is 5.26 Å². The minimum absolute atomic E-state index is 0.560. The van der Waals surface area contributed by atoms with Crippen LogP contribution in [0.3, 0.4) is 0 Å². The van der Waals surface area contributed by atoms with Crippen LogP contribution in [0.5, 0.6) is 11.5 Å².